The second kappa shape index (κ2) is 9.71. The molecular formula is C43H24N2O2. The summed E-state index contributed by atoms with van der Waals surface area (Å²) in [5, 5.41) is 16.6. The van der Waals surface area contributed by atoms with Crippen LogP contribution >= 0.6 is 0 Å². The van der Waals surface area contributed by atoms with Crippen molar-refractivity contribution in [1.29, 1.82) is 5.26 Å². The smallest absolute Gasteiger partial charge is 0.159 e. The summed E-state index contributed by atoms with van der Waals surface area (Å²) in [7, 11) is 0. The van der Waals surface area contributed by atoms with E-state index in [1.54, 1.807) is 0 Å². The molecule has 7 aromatic carbocycles. The van der Waals surface area contributed by atoms with Gasteiger partial charge in [0.15, 0.2) is 11.2 Å². The van der Waals surface area contributed by atoms with Crippen LogP contribution in [0.2, 0.25) is 0 Å². The van der Waals surface area contributed by atoms with Gasteiger partial charge < -0.3 is 13.4 Å². The van der Waals surface area contributed by atoms with E-state index in [1.165, 1.54) is 16.3 Å². The van der Waals surface area contributed by atoms with Gasteiger partial charge in [-0.3, -0.25) is 0 Å². The molecule has 0 aliphatic heterocycles. The van der Waals surface area contributed by atoms with Gasteiger partial charge in [0, 0.05) is 32.3 Å². The van der Waals surface area contributed by atoms with E-state index in [0.717, 1.165) is 71.7 Å². The maximum absolute atomic E-state index is 10.2. The fourth-order valence-electron chi connectivity index (χ4n) is 7.33. The summed E-state index contributed by atoms with van der Waals surface area (Å²) >= 11 is 0. The molecule has 0 atom stereocenters. The molecular weight excluding hydrogens is 576 g/mol. The Kier molecular flexibility index (Phi) is 5.32. The maximum atomic E-state index is 10.2. The number of nitrogens with zero attached hydrogens (tertiary/aromatic N) is 2. The number of furan rings is 2. The van der Waals surface area contributed by atoms with Crippen LogP contribution in [0, 0.1) is 11.3 Å². The minimum Gasteiger partial charge on any atom is -0.456 e. The zero-order valence-electron chi connectivity index (χ0n) is 25.1. The van der Waals surface area contributed by atoms with Gasteiger partial charge in [-0.05, 0) is 64.7 Å². The Morgan fingerprint density at radius 1 is 0.468 bits per heavy atom. The SMILES string of the molecule is N#Cc1ccc(-c2ccc3oc4ccccc4c3c2)c2c1oc1c(-n3c4ccccc4c4ccc(-c5ccccc5)cc43)cccc12. The lowest BCUT2D eigenvalue weighted by Gasteiger charge is -2.10. The second-order valence-corrected chi connectivity index (χ2v) is 12.0. The molecule has 3 heterocycles. The number of benzene rings is 7. The first-order valence-electron chi connectivity index (χ1n) is 15.7. The van der Waals surface area contributed by atoms with Crippen LogP contribution in [0.3, 0.4) is 0 Å². The number of para-hydroxylation sites is 3. The lowest BCUT2D eigenvalue weighted by molar-refractivity contribution is 0.665. The molecule has 0 aliphatic carbocycles. The highest BCUT2D eigenvalue weighted by Gasteiger charge is 2.22. The van der Waals surface area contributed by atoms with E-state index < -0.39 is 0 Å². The molecule has 0 fully saturated rings. The predicted octanol–water partition coefficient (Wildman–Crippen LogP) is 11.8. The van der Waals surface area contributed by atoms with E-state index >= 15 is 0 Å². The molecule has 4 nitrogen and oxygen atoms in total. The van der Waals surface area contributed by atoms with E-state index in [1.807, 2.05) is 42.5 Å². The highest BCUT2D eigenvalue weighted by molar-refractivity contribution is 6.18. The zero-order chi connectivity index (χ0) is 31.1. The summed E-state index contributed by atoms with van der Waals surface area (Å²) in [5.41, 5.74) is 11.0. The molecule has 0 saturated heterocycles. The number of nitriles is 1. The minimum atomic E-state index is 0.509. The summed E-state index contributed by atoms with van der Waals surface area (Å²) in [5.74, 6) is 0. The standard InChI is InChI=1S/C43H24N2O2/c44-25-29-18-20-30(28-19-22-40-35(23-28)33-12-5-7-16-39(33)46-40)41-34-13-8-15-37(43(34)47-42(29)41)45-36-14-6-4-11-31(36)32-21-17-27(24-38(32)45)26-9-2-1-3-10-26/h1-24H. The fourth-order valence-corrected chi connectivity index (χ4v) is 7.33. The molecule has 0 spiro atoms. The Balaban J connectivity index is 1.28. The first-order valence-corrected chi connectivity index (χ1v) is 15.7. The highest BCUT2D eigenvalue weighted by Crippen LogP contribution is 2.43. The Hall–Kier alpha value is -6.57. The van der Waals surface area contributed by atoms with Gasteiger partial charge >= 0.3 is 0 Å². The average Bonchev–Trinajstić information content (AvgIpc) is 3.81. The van der Waals surface area contributed by atoms with Crippen molar-refractivity contribution in [2.45, 2.75) is 0 Å². The molecule has 10 rings (SSSR count). The minimum absolute atomic E-state index is 0.509. The van der Waals surface area contributed by atoms with Gasteiger partial charge in [0.05, 0.1) is 22.3 Å². The number of aromatic nitrogens is 1. The van der Waals surface area contributed by atoms with Gasteiger partial charge in [-0.2, -0.15) is 5.26 Å². The maximum Gasteiger partial charge on any atom is 0.159 e. The molecule has 47 heavy (non-hydrogen) atoms. The van der Waals surface area contributed by atoms with Crippen molar-refractivity contribution >= 4 is 65.7 Å². The number of rotatable bonds is 3. The third-order valence-electron chi connectivity index (χ3n) is 9.46. The van der Waals surface area contributed by atoms with Crippen LogP contribution in [0.25, 0.3) is 93.6 Å². The first-order chi connectivity index (χ1) is 23.3. The highest BCUT2D eigenvalue weighted by atomic mass is 16.3. The molecule has 0 amide bonds. The van der Waals surface area contributed by atoms with Crippen molar-refractivity contribution in [3.05, 3.63) is 151 Å². The van der Waals surface area contributed by atoms with E-state index in [2.05, 4.69) is 114 Å². The molecule has 0 radical (unpaired) electrons. The van der Waals surface area contributed by atoms with Gasteiger partial charge in [0.2, 0.25) is 0 Å². The van der Waals surface area contributed by atoms with Crippen LogP contribution in [0.4, 0.5) is 0 Å². The van der Waals surface area contributed by atoms with E-state index in [4.69, 9.17) is 8.83 Å². The lowest BCUT2D eigenvalue weighted by Crippen LogP contribution is -1.94. The average molecular weight is 601 g/mol. The largest absolute Gasteiger partial charge is 0.456 e. The molecule has 3 aromatic heterocycles. The molecule has 0 saturated carbocycles. The van der Waals surface area contributed by atoms with Crippen molar-refractivity contribution in [2.24, 2.45) is 0 Å². The topological polar surface area (TPSA) is 55.0 Å². The number of hydrogen-bond acceptors (Lipinski definition) is 3. The van der Waals surface area contributed by atoms with E-state index in [9.17, 15) is 5.26 Å². The number of fused-ring (bicyclic) bond motifs is 9. The Labute approximate surface area is 268 Å². The second-order valence-electron chi connectivity index (χ2n) is 12.0. The van der Waals surface area contributed by atoms with Crippen LogP contribution in [-0.4, -0.2) is 4.57 Å². The summed E-state index contributed by atoms with van der Waals surface area (Å²) in [6, 6.07) is 52.7. The van der Waals surface area contributed by atoms with Gasteiger partial charge in [-0.15, -0.1) is 0 Å². The fraction of sp³-hybridized carbons (Fsp3) is 0. The van der Waals surface area contributed by atoms with Crippen molar-refractivity contribution < 1.29 is 8.83 Å². The Bertz CT molecular complexity index is 2920. The summed E-state index contributed by atoms with van der Waals surface area (Å²) in [6.07, 6.45) is 0. The molecule has 0 aliphatic rings. The monoisotopic (exact) mass is 600 g/mol. The first kappa shape index (κ1) is 25.7. The lowest BCUT2D eigenvalue weighted by atomic mass is 9.96. The summed E-state index contributed by atoms with van der Waals surface area (Å²) in [6.45, 7) is 0. The van der Waals surface area contributed by atoms with Gasteiger partial charge in [0.1, 0.15) is 17.2 Å². The summed E-state index contributed by atoms with van der Waals surface area (Å²) in [4.78, 5) is 0. The Morgan fingerprint density at radius 2 is 1.21 bits per heavy atom. The van der Waals surface area contributed by atoms with Crippen molar-refractivity contribution in [2.75, 3.05) is 0 Å². The zero-order valence-corrected chi connectivity index (χ0v) is 25.1. The van der Waals surface area contributed by atoms with Gasteiger partial charge in [0.25, 0.3) is 0 Å². The van der Waals surface area contributed by atoms with Crippen molar-refractivity contribution in [1.82, 2.24) is 4.57 Å². The summed E-state index contributed by atoms with van der Waals surface area (Å²) < 4.78 is 15.2. The third kappa shape index (κ3) is 3.69. The van der Waals surface area contributed by atoms with Crippen molar-refractivity contribution in [3.8, 4) is 34.0 Å². The molecule has 0 N–H and O–H groups in total. The van der Waals surface area contributed by atoms with Crippen LogP contribution < -0.4 is 0 Å². The molecule has 10 aromatic rings. The molecule has 0 bridgehead atoms. The normalized spacial score (nSPS) is 11.8. The van der Waals surface area contributed by atoms with Gasteiger partial charge in [-0.25, -0.2) is 0 Å². The van der Waals surface area contributed by atoms with Gasteiger partial charge in [-0.1, -0.05) is 103 Å². The van der Waals surface area contributed by atoms with Crippen LogP contribution in [-0.2, 0) is 0 Å². The van der Waals surface area contributed by atoms with Crippen LogP contribution in [0.5, 0.6) is 0 Å². The molecule has 0 unspecified atom stereocenters. The predicted molar refractivity (Wildman–Crippen MR) is 191 cm³/mol. The number of hydrogen-bond donors (Lipinski definition) is 0. The quantitative estimate of drug-likeness (QED) is 0.203. The third-order valence-corrected chi connectivity index (χ3v) is 9.46. The molecule has 218 valence electrons. The van der Waals surface area contributed by atoms with E-state index in [0.29, 0.717) is 11.1 Å². The van der Waals surface area contributed by atoms with Crippen molar-refractivity contribution in [3.63, 3.8) is 0 Å². The van der Waals surface area contributed by atoms with E-state index in [-0.39, 0.29) is 0 Å². The van der Waals surface area contributed by atoms with Crippen LogP contribution in [0.1, 0.15) is 5.56 Å². The van der Waals surface area contributed by atoms with Crippen LogP contribution in [0.15, 0.2) is 154 Å². The Morgan fingerprint density at radius 3 is 2.11 bits per heavy atom. The molecule has 4 heteroatoms.